The molecule has 1 aliphatic rings. The Labute approximate surface area is 182 Å². The van der Waals surface area contributed by atoms with Crippen molar-refractivity contribution in [1.82, 2.24) is 4.90 Å². The van der Waals surface area contributed by atoms with Crippen LogP contribution in [0.25, 0.3) is 0 Å². The Hall–Kier alpha value is -4.05. The van der Waals surface area contributed by atoms with E-state index in [2.05, 4.69) is 10.0 Å². The Morgan fingerprint density at radius 2 is 1.44 bits per heavy atom. The summed E-state index contributed by atoms with van der Waals surface area (Å²) in [7, 11) is -2.53. The number of nitrogens with one attached hydrogen (secondary N) is 2. The minimum Gasteiger partial charge on any atom is -0.322 e. The van der Waals surface area contributed by atoms with Crippen LogP contribution in [0.4, 0.5) is 15.8 Å². The molecule has 0 unspecified atom stereocenters. The first kappa shape index (κ1) is 21.2. The zero-order chi connectivity index (χ0) is 23.0. The Morgan fingerprint density at radius 1 is 0.844 bits per heavy atom. The minimum atomic E-state index is -3.91. The van der Waals surface area contributed by atoms with Crippen LogP contribution in [-0.4, -0.2) is 38.1 Å². The van der Waals surface area contributed by atoms with Gasteiger partial charge in [0.1, 0.15) is 5.82 Å². The van der Waals surface area contributed by atoms with Gasteiger partial charge in [0.25, 0.3) is 27.7 Å². The third-order valence-electron chi connectivity index (χ3n) is 4.87. The molecule has 4 rings (SSSR count). The van der Waals surface area contributed by atoms with Gasteiger partial charge in [0, 0.05) is 24.0 Å². The number of halogens is 1. The zero-order valence-electron chi connectivity index (χ0n) is 16.6. The molecular weight excluding hydrogens is 437 g/mol. The van der Waals surface area contributed by atoms with E-state index in [9.17, 15) is 27.2 Å². The molecule has 0 aliphatic carbocycles. The number of carbonyl (C=O) groups excluding carboxylic acids is 3. The van der Waals surface area contributed by atoms with Gasteiger partial charge in [-0.1, -0.05) is 0 Å². The minimum absolute atomic E-state index is 0.101. The maximum Gasteiger partial charge on any atom is 0.261 e. The third kappa shape index (κ3) is 3.95. The maximum atomic E-state index is 13.0. The van der Waals surface area contributed by atoms with E-state index in [4.69, 9.17) is 0 Å². The van der Waals surface area contributed by atoms with Crippen molar-refractivity contribution in [2.75, 3.05) is 17.1 Å². The van der Waals surface area contributed by atoms with Crippen LogP contribution in [-0.2, 0) is 10.0 Å². The van der Waals surface area contributed by atoms with Crippen molar-refractivity contribution in [2.24, 2.45) is 0 Å². The van der Waals surface area contributed by atoms with E-state index in [1.165, 1.54) is 49.5 Å². The van der Waals surface area contributed by atoms with E-state index in [1.807, 2.05) is 0 Å². The molecule has 162 valence electrons. The molecule has 0 aromatic heterocycles. The molecular formula is C22H16FN3O5S. The van der Waals surface area contributed by atoms with Gasteiger partial charge in [0.05, 0.1) is 16.0 Å². The van der Waals surface area contributed by atoms with Gasteiger partial charge in [-0.15, -0.1) is 0 Å². The predicted octanol–water partition coefficient (Wildman–Crippen LogP) is 3.10. The van der Waals surface area contributed by atoms with Crippen LogP contribution in [0.2, 0.25) is 0 Å². The van der Waals surface area contributed by atoms with Crippen molar-refractivity contribution in [3.63, 3.8) is 0 Å². The lowest BCUT2D eigenvalue weighted by Crippen LogP contribution is -2.24. The summed E-state index contributed by atoms with van der Waals surface area (Å²) < 4.78 is 40.1. The fourth-order valence-corrected chi connectivity index (χ4v) is 4.22. The zero-order valence-corrected chi connectivity index (χ0v) is 17.4. The first-order valence-corrected chi connectivity index (χ1v) is 10.8. The quantitative estimate of drug-likeness (QED) is 0.577. The van der Waals surface area contributed by atoms with Crippen LogP contribution in [0.5, 0.6) is 0 Å². The van der Waals surface area contributed by atoms with Crippen LogP contribution in [0.1, 0.15) is 31.1 Å². The van der Waals surface area contributed by atoms with E-state index >= 15 is 0 Å². The Balaban J connectivity index is 1.47. The summed E-state index contributed by atoms with van der Waals surface area (Å²) >= 11 is 0. The van der Waals surface area contributed by atoms with Crippen LogP contribution < -0.4 is 10.0 Å². The average molecular weight is 453 g/mol. The first-order valence-electron chi connectivity index (χ1n) is 9.32. The molecule has 0 spiro atoms. The number of nitrogens with zero attached hydrogens (tertiary/aromatic N) is 1. The van der Waals surface area contributed by atoms with E-state index in [-0.39, 0.29) is 27.3 Å². The molecule has 0 saturated carbocycles. The Bertz CT molecular complexity index is 1350. The molecule has 8 nitrogen and oxygen atoms in total. The number of imide groups is 1. The normalized spacial score (nSPS) is 13.1. The summed E-state index contributed by atoms with van der Waals surface area (Å²) in [5, 5.41) is 2.64. The monoisotopic (exact) mass is 453 g/mol. The molecule has 3 aromatic rings. The number of hydrogen-bond donors (Lipinski definition) is 2. The number of anilines is 2. The molecule has 0 saturated heterocycles. The van der Waals surface area contributed by atoms with Crippen LogP contribution >= 0.6 is 0 Å². The number of rotatable bonds is 5. The highest BCUT2D eigenvalue weighted by molar-refractivity contribution is 7.92. The summed E-state index contributed by atoms with van der Waals surface area (Å²) in [4.78, 5) is 37.5. The molecule has 10 heteroatoms. The Morgan fingerprint density at radius 3 is 2.09 bits per heavy atom. The second kappa shape index (κ2) is 7.89. The van der Waals surface area contributed by atoms with E-state index in [0.717, 1.165) is 29.2 Å². The SMILES string of the molecule is CN1C(=O)c2ccc(NC(=O)c3ccc(NS(=O)(=O)c4ccc(F)cc4)cc3)cc2C1=O. The number of amides is 3. The molecule has 1 aliphatic heterocycles. The molecule has 32 heavy (non-hydrogen) atoms. The fraction of sp³-hybridized carbons (Fsp3) is 0.0455. The van der Waals surface area contributed by atoms with Gasteiger partial charge in [-0.3, -0.25) is 24.0 Å². The summed E-state index contributed by atoms with van der Waals surface area (Å²) in [6.07, 6.45) is 0. The summed E-state index contributed by atoms with van der Waals surface area (Å²) in [5.41, 5.74) is 1.28. The molecule has 3 amide bonds. The number of hydrogen-bond acceptors (Lipinski definition) is 5. The van der Waals surface area contributed by atoms with Crippen molar-refractivity contribution in [3.8, 4) is 0 Å². The molecule has 3 aromatic carbocycles. The second-order valence-electron chi connectivity index (χ2n) is 7.02. The van der Waals surface area contributed by atoms with Crippen LogP contribution in [0.15, 0.2) is 71.6 Å². The molecule has 1 heterocycles. The molecule has 0 fully saturated rings. The van der Waals surface area contributed by atoms with E-state index in [1.54, 1.807) is 0 Å². The highest BCUT2D eigenvalue weighted by Crippen LogP contribution is 2.25. The van der Waals surface area contributed by atoms with Gasteiger partial charge < -0.3 is 5.32 Å². The standard InChI is InChI=1S/C22H16FN3O5S/c1-26-21(28)18-11-8-16(12-19(18)22(26)29)24-20(27)13-2-6-15(7-3-13)25-32(30,31)17-9-4-14(23)5-10-17/h2-12,25H,1H3,(H,24,27). The highest BCUT2D eigenvalue weighted by atomic mass is 32.2. The lowest BCUT2D eigenvalue weighted by Gasteiger charge is -2.10. The number of carbonyl (C=O) groups is 3. The highest BCUT2D eigenvalue weighted by Gasteiger charge is 2.32. The van der Waals surface area contributed by atoms with Gasteiger partial charge in [0.15, 0.2) is 0 Å². The maximum absolute atomic E-state index is 13.0. The van der Waals surface area contributed by atoms with Gasteiger partial charge >= 0.3 is 0 Å². The van der Waals surface area contributed by atoms with Crippen molar-refractivity contribution in [1.29, 1.82) is 0 Å². The molecule has 2 N–H and O–H groups in total. The van der Waals surface area contributed by atoms with Crippen molar-refractivity contribution >= 4 is 39.1 Å². The van der Waals surface area contributed by atoms with E-state index < -0.39 is 33.6 Å². The van der Waals surface area contributed by atoms with Gasteiger partial charge in [-0.25, -0.2) is 12.8 Å². The van der Waals surface area contributed by atoms with Crippen LogP contribution in [0.3, 0.4) is 0 Å². The predicted molar refractivity (Wildman–Crippen MR) is 114 cm³/mol. The smallest absolute Gasteiger partial charge is 0.261 e. The Kier molecular flexibility index (Phi) is 5.23. The topological polar surface area (TPSA) is 113 Å². The van der Waals surface area contributed by atoms with E-state index in [0.29, 0.717) is 5.69 Å². The number of sulfonamides is 1. The first-order chi connectivity index (χ1) is 15.2. The number of fused-ring (bicyclic) bond motifs is 1. The van der Waals surface area contributed by atoms with Crippen molar-refractivity contribution in [2.45, 2.75) is 4.90 Å². The molecule has 0 atom stereocenters. The van der Waals surface area contributed by atoms with Gasteiger partial charge in [-0.2, -0.15) is 0 Å². The van der Waals surface area contributed by atoms with Gasteiger partial charge in [0.2, 0.25) is 0 Å². The second-order valence-corrected chi connectivity index (χ2v) is 8.70. The lowest BCUT2D eigenvalue weighted by atomic mass is 10.1. The van der Waals surface area contributed by atoms with Crippen molar-refractivity contribution in [3.05, 3.63) is 89.2 Å². The summed E-state index contributed by atoms with van der Waals surface area (Å²) in [6.45, 7) is 0. The summed E-state index contributed by atoms with van der Waals surface area (Å²) in [5.74, 6) is -1.88. The number of benzene rings is 3. The average Bonchev–Trinajstić information content (AvgIpc) is 2.98. The van der Waals surface area contributed by atoms with Crippen molar-refractivity contribution < 1.29 is 27.2 Å². The van der Waals surface area contributed by atoms with Crippen LogP contribution in [0, 0.1) is 5.82 Å². The summed E-state index contributed by atoms with van der Waals surface area (Å²) in [6, 6.07) is 14.5. The largest absolute Gasteiger partial charge is 0.322 e. The lowest BCUT2D eigenvalue weighted by molar-refractivity contribution is 0.0692. The third-order valence-corrected chi connectivity index (χ3v) is 6.27. The van der Waals surface area contributed by atoms with Gasteiger partial charge in [-0.05, 0) is 66.7 Å². The molecule has 0 bridgehead atoms. The fourth-order valence-electron chi connectivity index (χ4n) is 3.16. The molecule has 0 radical (unpaired) electrons.